The number of likely N-dealkylation sites (tertiary alicyclic amines) is 1. The van der Waals surface area contributed by atoms with Crippen LogP contribution in [-0.4, -0.2) is 29.6 Å². The van der Waals surface area contributed by atoms with Crippen molar-refractivity contribution in [2.75, 3.05) is 6.54 Å². The normalized spacial score (nSPS) is 37.5. The Morgan fingerprint density at radius 2 is 2.00 bits per heavy atom. The molecule has 0 amide bonds. The molecular weight excluding hydrogens is 196 g/mol. The summed E-state index contributed by atoms with van der Waals surface area (Å²) >= 11 is 0. The first-order chi connectivity index (χ1) is 7.49. The monoisotopic (exact) mass is 224 g/mol. The highest BCUT2D eigenvalue weighted by Gasteiger charge is 2.38. The van der Waals surface area contributed by atoms with E-state index in [2.05, 4.69) is 25.7 Å². The van der Waals surface area contributed by atoms with Gasteiger partial charge in [0.1, 0.15) is 0 Å². The Balaban J connectivity index is 2.01. The minimum atomic E-state index is 0.337. The standard InChI is InChI=1S/C14H28N2/c1-11(15)13-6-4-5-9-16(13)12-7-8-14(2,3)10-12/h11-13H,4-10,15H2,1-3H3. The van der Waals surface area contributed by atoms with Gasteiger partial charge < -0.3 is 5.73 Å². The number of nitrogens with two attached hydrogens (primary N) is 1. The van der Waals surface area contributed by atoms with Gasteiger partial charge in [-0.05, 0) is 51.0 Å². The molecule has 0 aromatic heterocycles. The topological polar surface area (TPSA) is 29.3 Å². The minimum absolute atomic E-state index is 0.337. The van der Waals surface area contributed by atoms with Crippen molar-refractivity contribution in [1.29, 1.82) is 0 Å². The van der Waals surface area contributed by atoms with Crippen molar-refractivity contribution in [2.45, 2.75) is 77.4 Å². The van der Waals surface area contributed by atoms with E-state index in [9.17, 15) is 0 Å². The number of hydrogen-bond donors (Lipinski definition) is 1. The third-order valence-corrected chi connectivity index (χ3v) is 4.61. The maximum absolute atomic E-state index is 6.15. The lowest BCUT2D eigenvalue weighted by Crippen LogP contribution is -2.52. The van der Waals surface area contributed by atoms with Crippen LogP contribution < -0.4 is 5.73 Å². The first kappa shape index (κ1) is 12.4. The van der Waals surface area contributed by atoms with Gasteiger partial charge in [0, 0.05) is 18.1 Å². The van der Waals surface area contributed by atoms with Gasteiger partial charge in [-0.15, -0.1) is 0 Å². The fraction of sp³-hybridized carbons (Fsp3) is 1.00. The van der Waals surface area contributed by atoms with E-state index in [0.717, 1.165) is 6.04 Å². The highest BCUT2D eigenvalue weighted by atomic mass is 15.2. The molecule has 94 valence electrons. The molecule has 1 aliphatic heterocycles. The Hall–Kier alpha value is -0.0800. The van der Waals surface area contributed by atoms with Gasteiger partial charge in [0.15, 0.2) is 0 Å². The molecule has 2 nitrogen and oxygen atoms in total. The molecule has 0 bridgehead atoms. The van der Waals surface area contributed by atoms with Crippen LogP contribution in [0.1, 0.15) is 59.3 Å². The van der Waals surface area contributed by atoms with Crippen LogP contribution in [0, 0.1) is 5.41 Å². The van der Waals surface area contributed by atoms with Crippen molar-refractivity contribution in [1.82, 2.24) is 4.90 Å². The van der Waals surface area contributed by atoms with Crippen LogP contribution in [0.4, 0.5) is 0 Å². The van der Waals surface area contributed by atoms with Crippen LogP contribution in [0.5, 0.6) is 0 Å². The summed E-state index contributed by atoms with van der Waals surface area (Å²) in [6.45, 7) is 8.30. The van der Waals surface area contributed by atoms with Gasteiger partial charge in [0.25, 0.3) is 0 Å². The van der Waals surface area contributed by atoms with Gasteiger partial charge in [-0.1, -0.05) is 20.3 Å². The molecule has 0 aromatic rings. The van der Waals surface area contributed by atoms with E-state index in [-0.39, 0.29) is 0 Å². The van der Waals surface area contributed by atoms with Crippen LogP contribution in [0.2, 0.25) is 0 Å². The van der Waals surface area contributed by atoms with Crippen LogP contribution in [0.3, 0.4) is 0 Å². The Kier molecular flexibility index (Phi) is 3.60. The van der Waals surface area contributed by atoms with Gasteiger partial charge in [-0.2, -0.15) is 0 Å². The van der Waals surface area contributed by atoms with Crippen LogP contribution in [-0.2, 0) is 0 Å². The number of piperidine rings is 1. The zero-order valence-corrected chi connectivity index (χ0v) is 11.2. The lowest BCUT2D eigenvalue weighted by Gasteiger charge is -2.42. The van der Waals surface area contributed by atoms with E-state index in [0.29, 0.717) is 17.5 Å². The van der Waals surface area contributed by atoms with Gasteiger partial charge in [-0.25, -0.2) is 0 Å². The van der Waals surface area contributed by atoms with Crippen molar-refractivity contribution in [2.24, 2.45) is 11.1 Å². The third kappa shape index (κ3) is 2.60. The first-order valence-electron chi connectivity index (χ1n) is 7.01. The summed E-state index contributed by atoms with van der Waals surface area (Å²) in [5.41, 5.74) is 6.71. The summed E-state index contributed by atoms with van der Waals surface area (Å²) in [5, 5.41) is 0. The fourth-order valence-electron chi connectivity index (χ4n) is 3.68. The smallest absolute Gasteiger partial charge is 0.0247 e. The summed E-state index contributed by atoms with van der Waals surface area (Å²) < 4.78 is 0. The average molecular weight is 224 g/mol. The van der Waals surface area contributed by atoms with Crippen LogP contribution in [0.15, 0.2) is 0 Å². The van der Waals surface area contributed by atoms with E-state index >= 15 is 0 Å². The maximum atomic E-state index is 6.15. The Labute approximate surface area is 101 Å². The van der Waals surface area contributed by atoms with E-state index in [1.165, 1.54) is 45.1 Å². The number of hydrogen-bond acceptors (Lipinski definition) is 2. The summed E-state index contributed by atoms with van der Waals surface area (Å²) in [7, 11) is 0. The first-order valence-corrected chi connectivity index (χ1v) is 7.01. The molecule has 3 unspecified atom stereocenters. The zero-order chi connectivity index (χ0) is 11.8. The molecular formula is C14H28N2. The van der Waals surface area contributed by atoms with Crippen molar-refractivity contribution < 1.29 is 0 Å². The second-order valence-electron chi connectivity index (χ2n) is 6.72. The molecule has 16 heavy (non-hydrogen) atoms. The highest BCUT2D eigenvalue weighted by Crippen LogP contribution is 2.41. The number of rotatable bonds is 2. The van der Waals surface area contributed by atoms with Crippen LogP contribution in [0.25, 0.3) is 0 Å². The largest absolute Gasteiger partial charge is 0.327 e. The molecule has 1 aliphatic carbocycles. The number of nitrogens with zero attached hydrogens (tertiary/aromatic N) is 1. The van der Waals surface area contributed by atoms with E-state index in [1.807, 2.05) is 0 Å². The van der Waals surface area contributed by atoms with E-state index in [1.54, 1.807) is 0 Å². The van der Waals surface area contributed by atoms with Gasteiger partial charge >= 0.3 is 0 Å². The van der Waals surface area contributed by atoms with Gasteiger partial charge in [-0.3, -0.25) is 4.90 Å². The van der Waals surface area contributed by atoms with Crippen molar-refractivity contribution in [3.8, 4) is 0 Å². The highest BCUT2D eigenvalue weighted by molar-refractivity contribution is 4.93. The maximum Gasteiger partial charge on any atom is 0.0247 e. The summed E-state index contributed by atoms with van der Waals surface area (Å²) in [5.74, 6) is 0. The second kappa shape index (κ2) is 4.66. The molecule has 2 heteroatoms. The molecule has 1 saturated heterocycles. The fourth-order valence-corrected chi connectivity index (χ4v) is 3.68. The van der Waals surface area contributed by atoms with E-state index in [4.69, 9.17) is 5.73 Å². The SMILES string of the molecule is CC(N)C1CCCCN1C1CCC(C)(C)C1. The van der Waals surface area contributed by atoms with Crippen LogP contribution >= 0.6 is 0 Å². The molecule has 2 fully saturated rings. The molecule has 2 N–H and O–H groups in total. The molecule has 0 aromatic carbocycles. The summed E-state index contributed by atoms with van der Waals surface area (Å²) in [6.07, 6.45) is 8.21. The molecule has 2 rings (SSSR count). The summed E-state index contributed by atoms with van der Waals surface area (Å²) in [4.78, 5) is 2.74. The molecule has 1 saturated carbocycles. The predicted octanol–water partition coefficient (Wildman–Crippen LogP) is 2.77. The quantitative estimate of drug-likeness (QED) is 0.781. The molecule has 0 radical (unpaired) electrons. The minimum Gasteiger partial charge on any atom is -0.327 e. The Bertz CT molecular complexity index is 235. The molecule has 0 spiro atoms. The van der Waals surface area contributed by atoms with E-state index < -0.39 is 0 Å². The molecule has 2 aliphatic rings. The lowest BCUT2D eigenvalue weighted by molar-refractivity contribution is 0.0786. The molecule has 3 atom stereocenters. The second-order valence-corrected chi connectivity index (χ2v) is 6.72. The lowest BCUT2D eigenvalue weighted by atomic mass is 9.90. The Morgan fingerprint density at radius 3 is 2.56 bits per heavy atom. The van der Waals surface area contributed by atoms with Gasteiger partial charge in [0.2, 0.25) is 0 Å². The average Bonchev–Trinajstić information content (AvgIpc) is 2.59. The predicted molar refractivity (Wildman–Crippen MR) is 69.4 cm³/mol. The third-order valence-electron chi connectivity index (χ3n) is 4.61. The van der Waals surface area contributed by atoms with Crippen molar-refractivity contribution in [3.05, 3.63) is 0 Å². The zero-order valence-electron chi connectivity index (χ0n) is 11.2. The Morgan fingerprint density at radius 1 is 1.25 bits per heavy atom. The van der Waals surface area contributed by atoms with Gasteiger partial charge in [0.05, 0.1) is 0 Å². The molecule has 1 heterocycles. The van der Waals surface area contributed by atoms with Crippen molar-refractivity contribution >= 4 is 0 Å². The summed E-state index contributed by atoms with van der Waals surface area (Å²) in [6, 6.07) is 1.79. The van der Waals surface area contributed by atoms with Crippen molar-refractivity contribution in [3.63, 3.8) is 0 Å².